The molecule has 0 bridgehead atoms. The second-order valence-electron chi connectivity index (χ2n) is 4.78. The molecule has 0 fully saturated rings. The van der Waals surface area contributed by atoms with Crippen LogP contribution in [0.4, 0.5) is 0 Å². The van der Waals surface area contributed by atoms with Crippen LogP contribution < -0.4 is 10.2 Å². The molecule has 1 N–H and O–H groups in total. The number of rotatable bonds is 8. The molecule has 0 aliphatic heterocycles. The molecule has 4 nitrogen and oxygen atoms in total. The largest absolute Gasteiger partial charge is 0.493 e. The minimum atomic E-state index is -0.0779. The van der Waals surface area contributed by atoms with Crippen LogP contribution in [0.2, 0.25) is 5.02 Å². The molecule has 0 unspecified atom stereocenters. The van der Waals surface area contributed by atoms with E-state index in [-0.39, 0.29) is 5.91 Å². The number of hydrogen-bond donors (Lipinski definition) is 1. The van der Waals surface area contributed by atoms with Gasteiger partial charge in [0.1, 0.15) is 5.75 Å². The van der Waals surface area contributed by atoms with Crippen LogP contribution in [-0.4, -0.2) is 18.2 Å². The van der Waals surface area contributed by atoms with E-state index in [1.54, 1.807) is 6.07 Å². The third-order valence-electron chi connectivity index (χ3n) is 3.10. The summed E-state index contributed by atoms with van der Waals surface area (Å²) >= 11 is 5.88. The molecule has 1 aromatic rings. The van der Waals surface area contributed by atoms with Crippen molar-refractivity contribution in [2.75, 3.05) is 6.61 Å². The Bertz CT molecular complexity index is 495. The fourth-order valence-electron chi connectivity index (χ4n) is 1.80. The number of hydrazone groups is 1. The Balaban J connectivity index is 2.27. The minimum absolute atomic E-state index is 0.0779. The van der Waals surface area contributed by atoms with Crippen molar-refractivity contribution in [3.8, 4) is 5.75 Å². The number of carbonyl (C=O) groups is 1. The number of nitrogens with one attached hydrogen (secondary N) is 1. The van der Waals surface area contributed by atoms with E-state index >= 15 is 0 Å². The normalized spacial score (nSPS) is 10.1. The number of ether oxygens (including phenoxy) is 1. The van der Waals surface area contributed by atoms with Crippen molar-refractivity contribution in [1.82, 2.24) is 5.43 Å². The van der Waals surface area contributed by atoms with Crippen LogP contribution in [0.5, 0.6) is 5.75 Å². The first-order chi connectivity index (χ1) is 10.1. The van der Waals surface area contributed by atoms with Crippen LogP contribution in [-0.2, 0) is 4.79 Å². The lowest BCUT2D eigenvalue weighted by Crippen LogP contribution is -2.19. The first-order valence-electron chi connectivity index (χ1n) is 7.30. The smallest absolute Gasteiger partial charge is 0.240 e. The third kappa shape index (κ3) is 6.63. The molecule has 0 aliphatic rings. The number of halogens is 1. The maximum atomic E-state index is 11.6. The third-order valence-corrected chi connectivity index (χ3v) is 3.33. The molecule has 0 aromatic heterocycles. The molecule has 0 heterocycles. The highest BCUT2D eigenvalue weighted by Gasteiger charge is 2.03. The molecule has 0 saturated carbocycles. The van der Waals surface area contributed by atoms with Crippen LogP contribution in [0.3, 0.4) is 0 Å². The van der Waals surface area contributed by atoms with Crippen molar-refractivity contribution in [2.45, 2.75) is 46.5 Å². The van der Waals surface area contributed by atoms with Gasteiger partial charge in [0, 0.05) is 17.2 Å². The molecule has 116 valence electrons. The van der Waals surface area contributed by atoms with Gasteiger partial charge in [0.2, 0.25) is 5.91 Å². The fourth-order valence-corrected chi connectivity index (χ4v) is 2.02. The van der Waals surface area contributed by atoms with Gasteiger partial charge in [-0.3, -0.25) is 4.79 Å². The van der Waals surface area contributed by atoms with Crippen LogP contribution in [0.25, 0.3) is 0 Å². The Hall–Kier alpha value is -1.55. The highest BCUT2D eigenvalue weighted by molar-refractivity contribution is 6.30. The maximum absolute atomic E-state index is 11.6. The van der Waals surface area contributed by atoms with Crippen molar-refractivity contribution in [2.24, 2.45) is 5.10 Å². The summed E-state index contributed by atoms with van der Waals surface area (Å²) < 4.78 is 5.64. The molecule has 0 aliphatic carbocycles. The first kappa shape index (κ1) is 17.5. The van der Waals surface area contributed by atoms with Gasteiger partial charge in [-0.25, -0.2) is 5.43 Å². The van der Waals surface area contributed by atoms with E-state index in [2.05, 4.69) is 10.5 Å². The van der Waals surface area contributed by atoms with Gasteiger partial charge in [0.15, 0.2) is 0 Å². The van der Waals surface area contributed by atoms with Crippen molar-refractivity contribution in [3.05, 3.63) is 28.8 Å². The molecule has 21 heavy (non-hydrogen) atoms. The predicted molar refractivity (Wildman–Crippen MR) is 87.1 cm³/mol. The zero-order valence-corrected chi connectivity index (χ0v) is 13.7. The Morgan fingerprint density at radius 2 is 2.05 bits per heavy atom. The van der Waals surface area contributed by atoms with Gasteiger partial charge in [-0.2, -0.15) is 5.10 Å². The van der Waals surface area contributed by atoms with Crippen LogP contribution in [0.1, 0.15) is 45.1 Å². The fraction of sp³-hybridized carbons (Fsp3) is 0.500. The number of amides is 1. The van der Waals surface area contributed by atoms with Crippen LogP contribution in [0.15, 0.2) is 23.3 Å². The van der Waals surface area contributed by atoms with Crippen molar-refractivity contribution in [1.29, 1.82) is 0 Å². The highest BCUT2D eigenvalue weighted by atomic mass is 35.5. The van der Waals surface area contributed by atoms with Gasteiger partial charge < -0.3 is 4.74 Å². The topological polar surface area (TPSA) is 50.7 Å². The number of benzene rings is 1. The molecule has 1 amide bonds. The maximum Gasteiger partial charge on any atom is 0.240 e. The molecule has 5 heteroatoms. The van der Waals surface area contributed by atoms with Crippen molar-refractivity contribution >= 4 is 23.2 Å². The lowest BCUT2D eigenvalue weighted by atomic mass is 10.2. The first-order valence-corrected chi connectivity index (χ1v) is 7.67. The Labute approximate surface area is 131 Å². The second-order valence-corrected chi connectivity index (χ2v) is 5.22. The zero-order chi connectivity index (χ0) is 15.7. The Morgan fingerprint density at radius 3 is 2.67 bits per heavy atom. The number of carbonyl (C=O) groups excluding carboxylic acids is 1. The quantitative estimate of drug-likeness (QED) is 0.446. The summed E-state index contributed by atoms with van der Waals surface area (Å²) in [7, 11) is 0. The minimum Gasteiger partial charge on any atom is -0.493 e. The number of hydrogen-bond acceptors (Lipinski definition) is 3. The van der Waals surface area contributed by atoms with Gasteiger partial charge in [-0.05, 0) is 49.9 Å². The average Bonchev–Trinajstić information content (AvgIpc) is 2.46. The van der Waals surface area contributed by atoms with Gasteiger partial charge in [-0.15, -0.1) is 0 Å². The van der Waals surface area contributed by atoms with E-state index in [9.17, 15) is 4.79 Å². The highest BCUT2D eigenvalue weighted by Crippen LogP contribution is 2.21. The lowest BCUT2D eigenvalue weighted by Gasteiger charge is -2.09. The summed E-state index contributed by atoms with van der Waals surface area (Å²) in [5.74, 6) is 0.725. The summed E-state index contributed by atoms with van der Waals surface area (Å²) in [5.41, 5.74) is 4.57. The van der Waals surface area contributed by atoms with Gasteiger partial charge in [-0.1, -0.05) is 25.4 Å². The molecule has 0 saturated heterocycles. The summed E-state index contributed by atoms with van der Waals surface area (Å²) in [6.07, 6.45) is 2.76. The molecular weight excluding hydrogens is 288 g/mol. The lowest BCUT2D eigenvalue weighted by molar-refractivity contribution is -0.121. The van der Waals surface area contributed by atoms with Crippen molar-refractivity contribution in [3.63, 3.8) is 0 Å². The monoisotopic (exact) mass is 310 g/mol. The predicted octanol–water partition coefficient (Wildman–Crippen LogP) is 4.10. The van der Waals surface area contributed by atoms with E-state index in [1.807, 2.05) is 32.9 Å². The SMILES string of the molecule is CCC(CC)=NNC(=O)CCCOc1ccc(Cl)cc1C. The summed E-state index contributed by atoms with van der Waals surface area (Å²) in [4.78, 5) is 11.6. The molecule has 0 radical (unpaired) electrons. The van der Waals surface area contributed by atoms with Crippen LogP contribution in [0, 0.1) is 6.92 Å². The summed E-state index contributed by atoms with van der Waals surface area (Å²) in [6.45, 7) is 6.49. The van der Waals surface area contributed by atoms with Crippen molar-refractivity contribution < 1.29 is 9.53 Å². The number of nitrogens with zero attached hydrogens (tertiary/aromatic N) is 1. The Morgan fingerprint density at radius 1 is 1.33 bits per heavy atom. The van der Waals surface area contributed by atoms with Gasteiger partial charge in [0.25, 0.3) is 0 Å². The molecular formula is C16H23ClN2O2. The molecule has 1 aromatic carbocycles. The molecule has 1 rings (SSSR count). The average molecular weight is 311 g/mol. The van der Waals surface area contributed by atoms with Gasteiger partial charge in [0.05, 0.1) is 6.61 Å². The number of aryl methyl sites for hydroxylation is 1. The Kier molecular flexibility index (Phi) is 7.83. The second kappa shape index (κ2) is 9.40. The van der Waals surface area contributed by atoms with Crippen LogP contribution >= 0.6 is 11.6 Å². The standard InChI is InChI=1S/C16H23ClN2O2/c1-4-14(5-2)18-19-16(20)7-6-10-21-15-9-8-13(17)11-12(15)3/h8-9,11H,4-7,10H2,1-3H3,(H,19,20). The molecule has 0 spiro atoms. The van der Waals surface area contributed by atoms with E-state index in [0.29, 0.717) is 24.5 Å². The van der Waals surface area contributed by atoms with E-state index in [4.69, 9.17) is 16.3 Å². The van der Waals surface area contributed by atoms with E-state index < -0.39 is 0 Å². The van der Waals surface area contributed by atoms with E-state index in [0.717, 1.165) is 29.9 Å². The van der Waals surface area contributed by atoms with Gasteiger partial charge >= 0.3 is 0 Å². The zero-order valence-electron chi connectivity index (χ0n) is 12.9. The summed E-state index contributed by atoms with van der Waals surface area (Å²) in [5, 5.41) is 4.78. The van der Waals surface area contributed by atoms with E-state index in [1.165, 1.54) is 0 Å². The summed E-state index contributed by atoms with van der Waals surface area (Å²) in [6, 6.07) is 5.49. The molecule has 0 atom stereocenters.